The van der Waals surface area contributed by atoms with Crippen LogP contribution in [0.15, 0.2) is 22.5 Å². The summed E-state index contributed by atoms with van der Waals surface area (Å²) >= 11 is 0. The standard InChI is InChI=1S/C16H20O7/c1-4-22-15(18)11-9-7-5-6-8-10(9)23-13(16(19)21-3)12(11)14(17)20-2/h13H,4-8H2,1-3H3. The largest absolute Gasteiger partial charge is 0.478 e. The second kappa shape index (κ2) is 7.30. The number of carbonyl (C=O) groups excluding carboxylic acids is 3. The molecule has 0 aromatic rings. The fourth-order valence-corrected chi connectivity index (χ4v) is 2.80. The molecule has 0 aromatic heterocycles. The van der Waals surface area contributed by atoms with Crippen LogP contribution >= 0.6 is 0 Å². The summed E-state index contributed by atoms with van der Waals surface area (Å²) in [4.78, 5) is 36.6. The monoisotopic (exact) mass is 324 g/mol. The van der Waals surface area contributed by atoms with Gasteiger partial charge in [-0.25, -0.2) is 14.4 Å². The second-order valence-electron chi connectivity index (χ2n) is 5.13. The average molecular weight is 324 g/mol. The summed E-state index contributed by atoms with van der Waals surface area (Å²) in [6.07, 6.45) is 1.61. The van der Waals surface area contributed by atoms with Gasteiger partial charge in [-0.3, -0.25) is 0 Å². The predicted octanol–water partition coefficient (Wildman–Crippen LogP) is 1.42. The van der Waals surface area contributed by atoms with Gasteiger partial charge in [0.25, 0.3) is 0 Å². The fourth-order valence-electron chi connectivity index (χ4n) is 2.80. The maximum Gasteiger partial charge on any atom is 0.352 e. The summed E-state index contributed by atoms with van der Waals surface area (Å²) in [5.74, 6) is -1.67. The topological polar surface area (TPSA) is 88.1 Å². The highest BCUT2D eigenvalue weighted by atomic mass is 16.6. The van der Waals surface area contributed by atoms with E-state index in [9.17, 15) is 14.4 Å². The molecule has 0 radical (unpaired) electrons. The summed E-state index contributed by atoms with van der Waals surface area (Å²) in [6, 6.07) is 0. The van der Waals surface area contributed by atoms with Gasteiger partial charge in [0.05, 0.1) is 26.4 Å². The molecule has 1 unspecified atom stereocenters. The minimum Gasteiger partial charge on any atom is -0.478 e. The Bertz CT molecular complexity index is 585. The first-order valence-corrected chi connectivity index (χ1v) is 7.51. The number of methoxy groups -OCH3 is 2. The van der Waals surface area contributed by atoms with Crippen molar-refractivity contribution in [2.24, 2.45) is 0 Å². The molecule has 0 saturated heterocycles. The summed E-state index contributed by atoms with van der Waals surface area (Å²) in [7, 11) is 2.37. The van der Waals surface area contributed by atoms with E-state index in [1.165, 1.54) is 14.2 Å². The number of rotatable bonds is 4. The van der Waals surface area contributed by atoms with E-state index < -0.39 is 24.0 Å². The molecule has 0 spiro atoms. The molecular formula is C16H20O7. The van der Waals surface area contributed by atoms with Gasteiger partial charge in [0, 0.05) is 12.0 Å². The zero-order valence-corrected chi connectivity index (χ0v) is 13.5. The van der Waals surface area contributed by atoms with Crippen molar-refractivity contribution in [3.05, 3.63) is 22.5 Å². The lowest BCUT2D eigenvalue weighted by molar-refractivity contribution is -0.153. The third kappa shape index (κ3) is 3.23. The van der Waals surface area contributed by atoms with Gasteiger partial charge in [-0.1, -0.05) is 0 Å². The van der Waals surface area contributed by atoms with E-state index in [-0.39, 0.29) is 17.8 Å². The third-order valence-corrected chi connectivity index (χ3v) is 3.81. The number of esters is 3. The van der Waals surface area contributed by atoms with E-state index in [2.05, 4.69) is 0 Å². The van der Waals surface area contributed by atoms with E-state index in [0.717, 1.165) is 12.8 Å². The first kappa shape index (κ1) is 17.1. The van der Waals surface area contributed by atoms with Crippen molar-refractivity contribution in [3.8, 4) is 0 Å². The van der Waals surface area contributed by atoms with Crippen molar-refractivity contribution in [3.63, 3.8) is 0 Å². The zero-order valence-electron chi connectivity index (χ0n) is 13.5. The van der Waals surface area contributed by atoms with Crippen LogP contribution in [0.4, 0.5) is 0 Å². The number of carbonyl (C=O) groups is 3. The van der Waals surface area contributed by atoms with Gasteiger partial charge in [-0.2, -0.15) is 0 Å². The Balaban J connectivity index is 2.62. The molecule has 0 saturated carbocycles. The fraction of sp³-hybridized carbons (Fsp3) is 0.562. The molecule has 0 N–H and O–H groups in total. The van der Waals surface area contributed by atoms with Crippen LogP contribution in [-0.2, 0) is 33.3 Å². The van der Waals surface area contributed by atoms with Crippen LogP contribution in [0.3, 0.4) is 0 Å². The SMILES string of the molecule is CCOC(=O)C1=C(C(=O)OC)C(C(=O)OC)OC2=C1CCCC2. The molecule has 7 heteroatoms. The Kier molecular flexibility index (Phi) is 5.41. The highest BCUT2D eigenvalue weighted by Crippen LogP contribution is 2.39. The smallest absolute Gasteiger partial charge is 0.352 e. The molecule has 1 aliphatic carbocycles. The minimum absolute atomic E-state index is 0.0788. The van der Waals surface area contributed by atoms with Crippen LogP contribution in [0.25, 0.3) is 0 Å². The molecule has 1 atom stereocenters. The molecule has 7 nitrogen and oxygen atoms in total. The Labute approximate surface area is 134 Å². The maximum atomic E-state index is 12.4. The number of allylic oxidation sites excluding steroid dienone is 1. The zero-order chi connectivity index (χ0) is 17.0. The molecule has 2 aliphatic rings. The lowest BCUT2D eigenvalue weighted by atomic mass is 9.85. The normalized spacial score (nSPS) is 20.4. The minimum atomic E-state index is -1.32. The van der Waals surface area contributed by atoms with Crippen molar-refractivity contribution in [2.75, 3.05) is 20.8 Å². The lowest BCUT2D eigenvalue weighted by Crippen LogP contribution is -2.38. The van der Waals surface area contributed by atoms with Gasteiger partial charge in [-0.15, -0.1) is 0 Å². The van der Waals surface area contributed by atoms with E-state index in [4.69, 9.17) is 18.9 Å². The predicted molar refractivity (Wildman–Crippen MR) is 78.1 cm³/mol. The van der Waals surface area contributed by atoms with E-state index in [1.807, 2.05) is 0 Å². The molecule has 23 heavy (non-hydrogen) atoms. The van der Waals surface area contributed by atoms with E-state index in [0.29, 0.717) is 24.2 Å². The van der Waals surface area contributed by atoms with Crippen molar-refractivity contribution >= 4 is 17.9 Å². The van der Waals surface area contributed by atoms with Crippen LogP contribution in [0.1, 0.15) is 32.6 Å². The third-order valence-electron chi connectivity index (χ3n) is 3.81. The number of hydrogen-bond donors (Lipinski definition) is 0. The van der Waals surface area contributed by atoms with Gasteiger partial charge in [0.1, 0.15) is 11.3 Å². The van der Waals surface area contributed by atoms with Gasteiger partial charge < -0.3 is 18.9 Å². The van der Waals surface area contributed by atoms with Gasteiger partial charge in [0.2, 0.25) is 6.10 Å². The summed E-state index contributed by atoms with van der Waals surface area (Å²) in [5, 5.41) is 0. The lowest BCUT2D eigenvalue weighted by Gasteiger charge is -2.32. The first-order chi connectivity index (χ1) is 11.0. The van der Waals surface area contributed by atoms with Crippen molar-refractivity contribution in [2.45, 2.75) is 38.7 Å². The Morgan fingerprint density at radius 1 is 1.09 bits per heavy atom. The van der Waals surface area contributed by atoms with Gasteiger partial charge in [-0.05, 0) is 26.2 Å². The van der Waals surface area contributed by atoms with Crippen LogP contribution in [0, 0.1) is 0 Å². The number of hydrogen-bond acceptors (Lipinski definition) is 7. The number of ether oxygens (including phenoxy) is 4. The molecule has 0 aromatic carbocycles. The molecule has 0 bridgehead atoms. The van der Waals surface area contributed by atoms with E-state index >= 15 is 0 Å². The van der Waals surface area contributed by atoms with Crippen molar-refractivity contribution in [1.29, 1.82) is 0 Å². The quantitative estimate of drug-likeness (QED) is 0.571. The maximum absolute atomic E-state index is 12.4. The molecule has 1 heterocycles. The van der Waals surface area contributed by atoms with Crippen LogP contribution in [0.5, 0.6) is 0 Å². The van der Waals surface area contributed by atoms with Gasteiger partial charge in [0.15, 0.2) is 0 Å². The molecule has 0 amide bonds. The summed E-state index contributed by atoms with van der Waals surface area (Å²) in [6.45, 7) is 1.83. The first-order valence-electron chi connectivity index (χ1n) is 7.51. The van der Waals surface area contributed by atoms with Crippen LogP contribution in [-0.4, -0.2) is 44.8 Å². The molecule has 1 aliphatic heterocycles. The van der Waals surface area contributed by atoms with Crippen molar-refractivity contribution < 1.29 is 33.3 Å². The van der Waals surface area contributed by atoms with E-state index in [1.54, 1.807) is 6.92 Å². The highest BCUT2D eigenvalue weighted by molar-refractivity contribution is 6.08. The average Bonchev–Trinajstić information content (AvgIpc) is 2.58. The van der Waals surface area contributed by atoms with Crippen molar-refractivity contribution in [1.82, 2.24) is 0 Å². The summed E-state index contributed by atoms with van der Waals surface area (Å²) < 4.78 is 20.2. The Morgan fingerprint density at radius 2 is 1.78 bits per heavy atom. The molecular weight excluding hydrogens is 304 g/mol. The summed E-state index contributed by atoms with van der Waals surface area (Å²) in [5.41, 5.74) is 0.545. The molecule has 2 rings (SSSR count). The van der Waals surface area contributed by atoms with Crippen LogP contribution < -0.4 is 0 Å². The van der Waals surface area contributed by atoms with Gasteiger partial charge >= 0.3 is 17.9 Å². The highest BCUT2D eigenvalue weighted by Gasteiger charge is 2.43. The molecule has 126 valence electrons. The molecule has 0 fully saturated rings. The second-order valence-corrected chi connectivity index (χ2v) is 5.13. The van der Waals surface area contributed by atoms with Crippen LogP contribution in [0.2, 0.25) is 0 Å². The Morgan fingerprint density at radius 3 is 2.39 bits per heavy atom. The Hall–Kier alpha value is -2.31.